The summed E-state index contributed by atoms with van der Waals surface area (Å²) in [5, 5.41) is 9.55. The Labute approximate surface area is 264 Å². The average molecular weight is 621 g/mol. The molecule has 0 aromatic rings. The highest BCUT2D eigenvalue weighted by Crippen LogP contribution is 2.61. The molecular formula is C36H44O9. The van der Waals surface area contributed by atoms with Crippen LogP contribution in [0.25, 0.3) is 0 Å². The van der Waals surface area contributed by atoms with Crippen molar-refractivity contribution in [3.63, 3.8) is 0 Å². The van der Waals surface area contributed by atoms with Gasteiger partial charge in [0.1, 0.15) is 0 Å². The van der Waals surface area contributed by atoms with Gasteiger partial charge in [0, 0.05) is 18.8 Å². The van der Waals surface area contributed by atoms with Crippen molar-refractivity contribution in [3.05, 3.63) is 48.6 Å². The van der Waals surface area contributed by atoms with Crippen LogP contribution in [0.1, 0.15) is 72.1 Å². The number of ether oxygens (including phenoxy) is 3. The van der Waals surface area contributed by atoms with E-state index in [-0.39, 0.29) is 67.0 Å². The first-order valence-electron chi connectivity index (χ1n) is 16.4. The summed E-state index contributed by atoms with van der Waals surface area (Å²) in [6.45, 7) is 6.07. The zero-order valence-corrected chi connectivity index (χ0v) is 26.4. The van der Waals surface area contributed by atoms with Crippen molar-refractivity contribution in [2.24, 2.45) is 57.2 Å². The predicted octanol–water partition coefficient (Wildman–Crippen LogP) is 4.79. The number of hydrogen-bond donors (Lipinski definition) is 1. The normalized spacial score (nSPS) is 38.4. The van der Waals surface area contributed by atoms with E-state index in [1.807, 2.05) is 18.2 Å². The van der Waals surface area contributed by atoms with E-state index in [1.165, 1.54) is 0 Å². The lowest BCUT2D eigenvalue weighted by atomic mass is 9.59. The van der Waals surface area contributed by atoms with E-state index in [0.29, 0.717) is 18.8 Å². The van der Waals surface area contributed by atoms with Crippen LogP contribution in [0.4, 0.5) is 0 Å². The molecule has 0 aliphatic heterocycles. The zero-order chi connectivity index (χ0) is 32.2. The Bertz CT molecular complexity index is 1400. The molecule has 6 rings (SSSR count). The molecule has 0 spiro atoms. The molecule has 9 heteroatoms. The maximum Gasteiger partial charge on any atom is 0.338 e. The second kappa shape index (κ2) is 11.5. The van der Waals surface area contributed by atoms with Gasteiger partial charge < -0.3 is 19.3 Å². The number of aliphatic hydroxyl groups is 1. The molecule has 0 aromatic heterocycles. The van der Waals surface area contributed by atoms with E-state index in [0.717, 1.165) is 37.8 Å². The number of hydrogen-bond acceptors (Lipinski definition) is 9. The number of esters is 5. The van der Waals surface area contributed by atoms with Gasteiger partial charge in [-0.15, -0.1) is 0 Å². The molecular weight excluding hydrogens is 576 g/mol. The summed E-state index contributed by atoms with van der Waals surface area (Å²) >= 11 is 0. The zero-order valence-electron chi connectivity index (χ0n) is 26.4. The summed E-state index contributed by atoms with van der Waals surface area (Å²) < 4.78 is 16.2. The Hall–Kier alpha value is -3.33. The minimum atomic E-state index is -1.04. The highest BCUT2D eigenvalue weighted by molar-refractivity contribution is 6.00. The quantitative estimate of drug-likeness (QED) is 0.120. The number of carbonyl (C=O) groups excluding carboxylic acids is 5. The van der Waals surface area contributed by atoms with Crippen LogP contribution in [0.5, 0.6) is 0 Å². The summed E-state index contributed by atoms with van der Waals surface area (Å²) in [5.41, 5.74) is -2.88. The van der Waals surface area contributed by atoms with E-state index in [9.17, 15) is 29.1 Å². The van der Waals surface area contributed by atoms with Crippen LogP contribution < -0.4 is 0 Å². The third kappa shape index (κ3) is 5.25. The second-order valence-electron chi connectivity index (χ2n) is 15.2. The summed E-state index contributed by atoms with van der Waals surface area (Å²) in [5.74, 6) is -3.08. The van der Waals surface area contributed by atoms with Gasteiger partial charge in [0.25, 0.3) is 0 Å². The summed E-state index contributed by atoms with van der Waals surface area (Å²) in [6, 6.07) is 0. The Morgan fingerprint density at radius 3 is 1.53 bits per heavy atom. The number of fused-ring (bicyclic) bond motifs is 6. The highest BCUT2D eigenvalue weighted by Gasteiger charge is 2.61. The third-order valence-electron chi connectivity index (χ3n) is 12.0. The molecule has 0 amide bonds. The van der Waals surface area contributed by atoms with E-state index in [2.05, 4.69) is 39.0 Å². The fourth-order valence-electron chi connectivity index (χ4n) is 9.66. The Kier molecular flexibility index (Phi) is 8.07. The Morgan fingerprint density at radius 2 is 1.16 bits per heavy atom. The molecule has 0 heterocycles. The van der Waals surface area contributed by atoms with Crippen molar-refractivity contribution in [1.29, 1.82) is 0 Å². The predicted molar refractivity (Wildman–Crippen MR) is 161 cm³/mol. The number of aliphatic hydroxyl groups excluding tert-OH is 1. The van der Waals surface area contributed by atoms with Gasteiger partial charge in [0.05, 0.1) is 22.9 Å². The molecule has 6 aliphatic rings. The number of allylic oxidation sites excluding steroid dienone is 6. The van der Waals surface area contributed by atoms with Gasteiger partial charge in [-0.3, -0.25) is 14.4 Å². The summed E-state index contributed by atoms with van der Waals surface area (Å²) in [7, 11) is 0. The molecule has 9 atom stereocenters. The smallest absolute Gasteiger partial charge is 0.338 e. The van der Waals surface area contributed by atoms with Crippen molar-refractivity contribution in [2.45, 2.75) is 72.1 Å². The minimum Gasteiger partial charge on any atom is -0.465 e. The maximum absolute atomic E-state index is 13.7. The monoisotopic (exact) mass is 620 g/mol. The molecule has 6 bridgehead atoms. The van der Waals surface area contributed by atoms with Crippen LogP contribution in [0.3, 0.4) is 0 Å². The fraction of sp³-hybridized carbons (Fsp3) is 0.639. The first-order chi connectivity index (χ1) is 21.3. The molecule has 3 saturated carbocycles. The maximum atomic E-state index is 13.7. The molecule has 45 heavy (non-hydrogen) atoms. The molecule has 3 fully saturated rings. The molecule has 0 saturated heterocycles. The minimum absolute atomic E-state index is 0.0367. The molecule has 1 N–H and O–H groups in total. The van der Waals surface area contributed by atoms with E-state index < -0.39 is 40.1 Å². The van der Waals surface area contributed by atoms with Gasteiger partial charge in [0.2, 0.25) is 0 Å². The van der Waals surface area contributed by atoms with Crippen LogP contribution >= 0.6 is 0 Å². The van der Waals surface area contributed by atoms with Gasteiger partial charge in [-0.1, -0.05) is 57.2 Å². The van der Waals surface area contributed by atoms with Crippen molar-refractivity contribution < 1.29 is 43.3 Å². The van der Waals surface area contributed by atoms with Crippen molar-refractivity contribution in [2.75, 3.05) is 13.2 Å². The largest absolute Gasteiger partial charge is 0.465 e. The third-order valence-corrected chi connectivity index (χ3v) is 12.0. The van der Waals surface area contributed by atoms with Gasteiger partial charge in [-0.25, -0.2) is 9.59 Å². The van der Waals surface area contributed by atoms with Crippen LogP contribution in [-0.4, -0.2) is 48.2 Å². The lowest BCUT2D eigenvalue weighted by Gasteiger charge is -2.44. The van der Waals surface area contributed by atoms with Gasteiger partial charge >= 0.3 is 29.8 Å². The van der Waals surface area contributed by atoms with Gasteiger partial charge in [-0.2, -0.15) is 0 Å². The SMILES string of the molecule is CC(C)(C)C1(C(=O)OCCC2(C(=O)OC(=O)/C=C\C(=O)OC(=O)C3(CCO)CC4C=CC3C4)CC3C=CC2C3)CC2C=CC1C2. The molecule has 9 unspecified atom stereocenters. The van der Waals surface area contributed by atoms with E-state index in [4.69, 9.17) is 14.2 Å². The summed E-state index contributed by atoms with van der Waals surface area (Å²) in [6.07, 6.45) is 18.6. The van der Waals surface area contributed by atoms with Gasteiger partial charge in [-0.05, 0) is 92.3 Å². The van der Waals surface area contributed by atoms with Gasteiger partial charge in [0.15, 0.2) is 0 Å². The standard InChI is InChI=1S/C36H44O9/c1-33(2,3)36(21-24-6-9-27(36)18-24)32(42)43-15-13-35(20-23-5-8-26(35)17-23)31(41)45-29(39)11-10-28(38)44-30(40)34(12-14-37)19-22-4-7-25(34)16-22/h4-11,22-27,37H,12-21H2,1-3H3/b11-10-. The van der Waals surface area contributed by atoms with Crippen LogP contribution in [0, 0.1) is 57.2 Å². The Balaban J connectivity index is 1.06. The topological polar surface area (TPSA) is 133 Å². The van der Waals surface area contributed by atoms with E-state index >= 15 is 0 Å². The van der Waals surface area contributed by atoms with Crippen LogP contribution in [0.2, 0.25) is 0 Å². The molecule has 0 radical (unpaired) electrons. The highest BCUT2D eigenvalue weighted by atomic mass is 16.6. The van der Waals surface area contributed by atoms with Crippen LogP contribution in [-0.2, 0) is 38.2 Å². The number of rotatable bonds is 10. The first kappa shape index (κ1) is 31.6. The van der Waals surface area contributed by atoms with Crippen molar-refractivity contribution >= 4 is 29.8 Å². The lowest BCUT2D eigenvalue weighted by molar-refractivity contribution is -0.173. The second-order valence-corrected chi connectivity index (χ2v) is 15.2. The number of carbonyl (C=O) groups is 5. The molecule has 0 aromatic carbocycles. The fourth-order valence-corrected chi connectivity index (χ4v) is 9.66. The summed E-state index contributed by atoms with van der Waals surface area (Å²) in [4.78, 5) is 65.3. The molecule has 242 valence electrons. The van der Waals surface area contributed by atoms with Crippen LogP contribution in [0.15, 0.2) is 48.6 Å². The molecule has 6 aliphatic carbocycles. The van der Waals surface area contributed by atoms with E-state index in [1.54, 1.807) is 0 Å². The molecule has 9 nitrogen and oxygen atoms in total. The Morgan fingerprint density at radius 1 is 0.689 bits per heavy atom. The first-order valence-corrected chi connectivity index (χ1v) is 16.4. The lowest BCUT2D eigenvalue weighted by Crippen LogP contribution is -2.47. The van der Waals surface area contributed by atoms with Crippen molar-refractivity contribution in [3.8, 4) is 0 Å². The van der Waals surface area contributed by atoms with Crippen molar-refractivity contribution in [1.82, 2.24) is 0 Å². The average Bonchev–Trinajstić information content (AvgIpc) is 3.84.